The molecule has 22 heavy (non-hydrogen) atoms. The number of hydrogen-bond donors (Lipinski definition) is 0. The van der Waals surface area contributed by atoms with Crippen molar-refractivity contribution in [2.24, 2.45) is 0 Å². The van der Waals surface area contributed by atoms with Crippen LogP contribution in [0.1, 0.15) is 0 Å². The van der Waals surface area contributed by atoms with Gasteiger partial charge in [0, 0.05) is 0 Å². The molecule has 3 nitrogen and oxygen atoms in total. The average molecular weight is 370 g/mol. The molecule has 0 aromatic rings. The maximum atomic E-state index is 12.7. The third kappa shape index (κ3) is 3.46. The Kier molecular flexibility index (Phi) is 6.90. The molecule has 128 valence electrons. The van der Waals surface area contributed by atoms with E-state index in [2.05, 4.69) is 0 Å². The SMILES string of the molecule is O=S(=O)([O-])C(F)C(F)(F)C(F)(F)C(F)(F)C(F)(F)C(F)F.[Li+]. The summed E-state index contributed by atoms with van der Waals surface area (Å²) in [4.78, 5) is 0. The molecule has 0 saturated heterocycles. The van der Waals surface area contributed by atoms with E-state index in [1.54, 1.807) is 0 Å². The van der Waals surface area contributed by atoms with Crippen molar-refractivity contribution in [2.75, 3.05) is 0 Å². The van der Waals surface area contributed by atoms with Gasteiger partial charge in [0.1, 0.15) is 10.1 Å². The van der Waals surface area contributed by atoms with Crippen molar-refractivity contribution in [3.05, 3.63) is 0 Å². The molecule has 0 spiro atoms. The normalized spacial score (nSPS) is 16.4. The smallest absolute Gasteiger partial charge is 0.746 e. The standard InChI is InChI=1S/C6H3F11O3S.Li/c7-1(8)3(10,11)5(14,15)6(16,17)4(12,13)2(9)21(18,19)20;/h1-2H,(H,18,19,20);/q;+1/p-1. The first-order valence-electron chi connectivity index (χ1n) is 4.23. The molecule has 1 unspecified atom stereocenters. The Morgan fingerprint density at radius 2 is 1.00 bits per heavy atom. The van der Waals surface area contributed by atoms with Crippen LogP contribution in [0.25, 0.3) is 0 Å². The first-order chi connectivity index (χ1) is 8.85. The molecule has 0 N–H and O–H groups in total. The second kappa shape index (κ2) is 6.33. The van der Waals surface area contributed by atoms with Crippen molar-refractivity contribution in [1.29, 1.82) is 0 Å². The zero-order chi connectivity index (χ0) is 17.7. The van der Waals surface area contributed by atoms with Crippen LogP contribution < -0.4 is 18.9 Å². The molecule has 0 heterocycles. The van der Waals surface area contributed by atoms with Gasteiger partial charge in [0.2, 0.25) is 0 Å². The van der Waals surface area contributed by atoms with Gasteiger partial charge in [-0.25, -0.2) is 21.6 Å². The van der Waals surface area contributed by atoms with Crippen LogP contribution in [0.15, 0.2) is 0 Å². The van der Waals surface area contributed by atoms with Crippen molar-refractivity contribution >= 4 is 10.1 Å². The van der Waals surface area contributed by atoms with Gasteiger partial charge < -0.3 is 4.55 Å². The minimum absolute atomic E-state index is 0. The maximum absolute atomic E-state index is 12.7. The van der Waals surface area contributed by atoms with Crippen molar-refractivity contribution < 1.29 is 80.1 Å². The van der Waals surface area contributed by atoms with E-state index in [0.29, 0.717) is 0 Å². The molecule has 0 aromatic carbocycles. The molecule has 0 aliphatic carbocycles. The Morgan fingerprint density at radius 1 is 0.727 bits per heavy atom. The fraction of sp³-hybridized carbons (Fsp3) is 1.00. The Hall–Kier alpha value is -0.263. The summed E-state index contributed by atoms with van der Waals surface area (Å²) >= 11 is 0. The zero-order valence-electron chi connectivity index (χ0n) is 9.95. The van der Waals surface area contributed by atoms with E-state index in [1.807, 2.05) is 0 Å². The molecule has 0 radical (unpaired) electrons. The second-order valence-electron chi connectivity index (χ2n) is 3.50. The van der Waals surface area contributed by atoms with Crippen LogP contribution >= 0.6 is 0 Å². The van der Waals surface area contributed by atoms with Gasteiger partial charge in [0.15, 0.2) is 0 Å². The molecule has 0 amide bonds. The maximum Gasteiger partial charge on any atom is 1.00 e. The Morgan fingerprint density at radius 3 is 1.23 bits per heavy atom. The molecule has 0 rings (SSSR count). The molecule has 0 saturated carbocycles. The van der Waals surface area contributed by atoms with Gasteiger partial charge in [-0.05, 0) is 0 Å². The molecular weight excluding hydrogens is 368 g/mol. The average Bonchev–Trinajstić information content (AvgIpc) is 2.25. The van der Waals surface area contributed by atoms with Crippen LogP contribution in [0.5, 0.6) is 0 Å². The van der Waals surface area contributed by atoms with Crippen molar-refractivity contribution in [3.63, 3.8) is 0 Å². The largest absolute Gasteiger partial charge is 1.00 e. The fourth-order valence-corrected chi connectivity index (χ4v) is 1.39. The van der Waals surface area contributed by atoms with Crippen molar-refractivity contribution in [2.45, 2.75) is 35.6 Å². The summed E-state index contributed by atoms with van der Waals surface area (Å²) < 4.78 is 165. The minimum atomic E-state index is -7.61. The second-order valence-corrected chi connectivity index (χ2v) is 4.90. The van der Waals surface area contributed by atoms with E-state index >= 15 is 0 Å². The predicted octanol–water partition coefficient (Wildman–Crippen LogP) is -0.362. The van der Waals surface area contributed by atoms with Gasteiger partial charge in [-0.3, -0.25) is 0 Å². The molecule has 16 heteroatoms. The summed E-state index contributed by atoms with van der Waals surface area (Å²) in [6, 6.07) is 0. The summed E-state index contributed by atoms with van der Waals surface area (Å²) in [5, 5.41) is 0. The first kappa shape index (κ1) is 24.0. The van der Waals surface area contributed by atoms with Crippen LogP contribution in [0.3, 0.4) is 0 Å². The molecular formula is C6H2F11LiO3S. The monoisotopic (exact) mass is 370 g/mol. The van der Waals surface area contributed by atoms with Crippen LogP contribution in [0.4, 0.5) is 48.3 Å². The first-order valence-corrected chi connectivity index (χ1v) is 5.70. The van der Waals surface area contributed by atoms with Gasteiger partial charge in [-0.1, -0.05) is 0 Å². The van der Waals surface area contributed by atoms with E-state index in [-0.39, 0.29) is 18.9 Å². The van der Waals surface area contributed by atoms with Gasteiger partial charge >= 0.3 is 49.0 Å². The van der Waals surface area contributed by atoms with E-state index in [0.717, 1.165) is 0 Å². The van der Waals surface area contributed by atoms with Gasteiger partial charge in [0.05, 0.1) is 0 Å². The Bertz CT molecular complexity index is 490. The number of halogens is 11. The van der Waals surface area contributed by atoms with Crippen LogP contribution in [0.2, 0.25) is 0 Å². The van der Waals surface area contributed by atoms with Crippen molar-refractivity contribution in [3.8, 4) is 0 Å². The molecule has 0 fully saturated rings. The van der Waals surface area contributed by atoms with Crippen LogP contribution in [-0.2, 0) is 10.1 Å². The number of hydrogen-bond acceptors (Lipinski definition) is 3. The molecule has 0 aromatic heterocycles. The Labute approximate surface area is 126 Å². The summed E-state index contributed by atoms with van der Waals surface area (Å²) in [7, 11) is -6.98. The summed E-state index contributed by atoms with van der Waals surface area (Å²) in [6.45, 7) is 0. The number of rotatable bonds is 6. The number of alkyl halides is 11. The molecule has 0 aliphatic heterocycles. The zero-order valence-corrected chi connectivity index (χ0v) is 10.8. The molecule has 0 aliphatic rings. The summed E-state index contributed by atoms with van der Waals surface area (Å²) in [5.41, 5.74) is -5.57. The van der Waals surface area contributed by atoms with E-state index in [1.165, 1.54) is 0 Å². The van der Waals surface area contributed by atoms with Crippen LogP contribution in [-0.4, -0.2) is 48.6 Å². The summed E-state index contributed by atoms with van der Waals surface area (Å²) in [6.07, 6.45) is -5.57. The summed E-state index contributed by atoms with van der Waals surface area (Å²) in [5.74, 6) is -29.4. The van der Waals surface area contributed by atoms with Crippen LogP contribution in [0, 0.1) is 0 Å². The van der Waals surface area contributed by atoms with E-state index in [4.69, 9.17) is 0 Å². The molecule has 0 bridgehead atoms. The topological polar surface area (TPSA) is 57.2 Å². The fourth-order valence-electron chi connectivity index (χ4n) is 0.879. The van der Waals surface area contributed by atoms with Crippen molar-refractivity contribution in [1.82, 2.24) is 0 Å². The van der Waals surface area contributed by atoms with E-state index < -0.39 is 45.7 Å². The predicted molar refractivity (Wildman–Crippen MR) is 40.4 cm³/mol. The van der Waals surface area contributed by atoms with E-state index in [9.17, 15) is 61.3 Å². The van der Waals surface area contributed by atoms with Gasteiger partial charge in [-0.2, -0.15) is 35.1 Å². The van der Waals surface area contributed by atoms with Gasteiger partial charge in [-0.15, -0.1) is 0 Å². The van der Waals surface area contributed by atoms with Gasteiger partial charge in [0.25, 0.3) is 5.50 Å². The minimum Gasteiger partial charge on any atom is -0.746 e. The third-order valence-corrected chi connectivity index (χ3v) is 2.85. The Balaban J connectivity index is 0. The third-order valence-electron chi connectivity index (χ3n) is 2.04. The quantitative estimate of drug-likeness (QED) is 0.365. The molecule has 1 atom stereocenters.